The Balaban J connectivity index is 1.75. The first kappa shape index (κ1) is 15.4. The number of carbonyl (C=O) groups is 1. The molecule has 2 unspecified atom stereocenters. The number of halogens is 1. The van der Waals surface area contributed by atoms with Gasteiger partial charge in [0.05, 0.1) is 10.9 Å². The number of hydrogen-bond acceptors (Lipinski definition) is 4. The molecule has 0 saturated carbocycles. The predicted molar refractivity (Wildman–Crippen MR) is 82.6 cm³/mol. The zero-order valence-electron chi connectivity index (χ0n) is 12.5. The Hall–Kier alpha value is -1.46. The van der Waals surface area contributed by atoms with Crippen LogP contribution < -0.4 is 9.47 Å². The van der Waals surface area contributed by atoms with Crippen LogP contribution in [0.15, 0.2) is 12.1 Å². The Morgan fingerprint density at radius 2 is 2.14 bits per heavy atom. The van der Waals surface area contributed by atoms with Gasteiger partial charge in [-0.1, -0.05) is 18.5 Å². The molecule has 2 aliphatic heterocycles. The van der Waals surface area contributed by atoms with Gasteiger partial charge in [-0.05, 0) is 30.0 Å². The van der Waals surface area contributed by atoms with Crippen molar-refractivity contribution in [2.24, 2.45) is 11.8 Å². The van der Waals surface area contributed by atoms with Gasteiger partial charge in [-0.25, -0.2) is 0 Å². The molecule has 0 bridgehead atoms. The number of ether oxygens (including phenoxy) is 2. The highest BCUT2D eigenvalue weighted by Gasteiger charge is 2.29. The van der Waals surface area contributed by atoms with Gasteiger partial charge in [-0.2, -0.15) is 0 Å². The summed E-state index contributed by atoms with van der Waals surface area (Å²) in [5, 5.41) is 9.81. The summed E-state index contributed by atoms with van der Waals surface area (Å²) in [5.74, 6) is 0.649. The number of aliphatic carboxylic acids is 1. The monoisotopic (exact) mass is 325 g/mol. The van der Waals surface area contributed by atoms with Gasteiger partial charge in [0.25, 0.3) is 0 Å². The van der Waals surface area contributed by atoms with Gasteiger partial charge < -0.3 is 14.6 Å². The van der Waals surface area contributed by atoms with E-state index in [0.717, 1.165) is 18.5 Å². The van der Waals surface area contributed by atoms with E-state index < -0.39 is 5.97 Å². The normalized spacial score (nSPS) is 25.0. The minimum absolute atomic E-state index is 0.295. The first-order valence-corrected chi connectivity index (χ1v) is 7.94. The van der Waals surface area contributed by atoms with Crippen molar-refractivity contribution in [3.05, 3.63) is 22.7 Å². The molecule has 0 aromatic heterocycles. The number of nitrogens with zero attached hydrogens (tertiary/aromatic N) is 1. The number of benzene rings is 1. The van der Waals surface area contributed by atoms with Crippen LogP contribution in [-0.2, 0) is 11.3 Å². The molecule has 2 heterocycles. The maximum Gasteiger partial charge on any atom is 0.307 e. The lowest BCUT2D eigenvalue weighted by Gasteiger charge is -2.34. The number of carboxylic acid groups (broad SMARTS) is 1. The number of likely N-dealkylation sites (tertiary alicyclic amines) is 1. The maximum atomic E-state index is 11.3. The molecule has 1 aromatic carbocycles. The van der Waals surface area contributed by atoms with E-state index in [1.807, 2.05) is 12.1 Å². The third kappa shape index (κ3) is 3.31. The fourth-order valence-electron chi connectivity index (χ4n) is 3.28. The summed E-state index contributed by atoms with van der Waals surface area (Å²) in [5.41, 5.74) is 1.02. The summed E-state index contributed by atoms with van der Waals surface area (Å²) in [4.78, 5) is 13.4. The van der Waals surface area contributed by atoms with Crippen molar-refractivity contribution in [1.82, 2.24) is 4.90 Å². The average Bonchev–Trinajstić information content (AvgIpc) is 2.46. The van der Waals surface area contributed by atoms with E-state index in [-0.39, 0.29) is 5.92 Å². The third-order valence-electron chi connectivity index (χ3n) is 4.15. The summed E-state index contributed by atoms with van der Waals surface area (Å²) in [6.07, 6.45) is 0.744. The highest BCUT2D eigenvalue weighted by Crippen LogP contribution is 2.38. The molecule has 120 valence electrons. The van der Waals surface area contributed by atoms with E-state index in [2.05, 4.69) is 11.8 Å². The quantitative estimate of drug-likeness (QED) is 0.926. The van der Waals surface area contributed by atoms with Crippen molar-refractivity contribution in [3.8, 4) is 11.5 Å². The summed E-state index contributed by atoms with van der Waals surface area (Å²) in [6.45, 7) is 5.27. The molecule has 6 heteroatoms. The Kier molecular flexibility index (Phi) is 4.45. The first-order valence-electron chi connectivity index (χ1n) is 7.56. The molecule has 0 aliphatic carbocycles. The SMILES string of the molecule is CC1CC(C(=O)O)CN(Cc2cc(Cl)c3c(c2)OCCO3)C1. The Morgan fingerprint density at radius 3 is 2.91 bits per heavy atom. The fourth-order valence-corrected chi connectivity index (χ4v) is 3.57. The molecule has 1 aromatic rings. The lowest BCUT2D eigenvalue weighted by Crippen LogP contribution is -2.41. The van der Waals surface area contributed by atoms with Gasteiger partial charge in [-0.15, -0.1) is 0 Å². The van der Waals surface area contributed by atoms with Crippen molar-refractivity contribution in [2.75, 3.05) is 26.3 Å². The minimum Gasteiger partial charge on any atom is -0.486 e. The van der Waals surface area contributed by atoms with Crippen LogP contribution in [-0.4, -0.2) is 42.3 Å². The molecule has 0 amide bonds. The topological polar surface area (TPSA) is 59.0 Å². The van der Waals surface area contributed by atoms with E-state index in [0.29, 0.717) is 48.7 Å². The van der Waals surface area contributed by atoms with E-state index in [9.17, 15) is 9.90 Å². The molecule has 1 N–H and O–H groups in total. The van der Waals surface area contributed by atoms with Crippen LogP contribution in [0.5, 0.6) is 11.5 Å². The predicted octanol–water partition coefficient (Wildman–Crippen LogP) is 2.65. The number of hydrogen-bond donors (Lipinski definition) is 1. The van der Waals surface area contributed by atoms with Crippen LogP contribution in [0.1, 0.15) is 18.9 Å². The van der Waals surface area contributed by atoms with Crippen molar-refractivity contribution in [2.45, 2.75) is 19.9 Å². The highest BCUT2D eigenvalue weighted by atomic mass is 35.5. The molecule has 1 fully saturated rings. The van der Waals surface area contributed by atoms with Gasteiger partial charge in [0, 0.05) is 19.6 Å². The van der Waals surface area contributed by atoms with E-state index in [1.54, 1.807) is 0 Å². The lowest BCUT2D eigenvalue weighted by molar-refractivity contribution is -0.144. The van der Waals surface area contributed by atoms with E-state index >= 15 is 0 Å². The van der Waals surface area contributed by atoms with E-state index in [1.165, 1.54) is 0 Å². The summed E-state index contributed by atoms with van der Waals surface area (Å²) < 4.78 is 11.1. The van der Waals surface area contributed by atoms with Crippen molar-refractivity contribution in [1.29, 1.82) is 0 Å². The van der Waals surface area contributed by atoms with Crippen LogP contribution in [0.2, 0.25) is 5.02 Å². The van der Waals surface area contributed by atoms with Crippen molar-refractivity contribution in [3.63, 3.8) is 0 Å². The molecular weight excluding hydrogens is 306 g/mol. The second-order valence-electron chi connectivity index (χ2n) is 6.17. The third-order valence-corrected chi connectivity index (χ3v) is 4.43. The lowest BCUT2D eigenvalue weighted by atomic mass is 9.90. The van der Waals surface area contributed by atoms with Gasteiger partial charge in [0.15, 0.2) is 11.5 Å². The molecule has 22 heavy (non-hydrogen) atoms. The zero-order valence-corrected chi connectivity index (χ0v) is 13.3. The number of carboxylic acids is 1. The Labute approximate surface area is 134 Å². The van der Waals surface area contributed by atoms with Crippen molar-refractivity contribution < 1.29 is 19.4 Å². The van der Waals surface area contributed by atoms with Crippen LogP contribution in [0.3, 0.4) is 0 Å². The van der Waals surface area contributed by atoms with Gasteiger partial charge in [0.2, 0.25) is 0 Å². The molecular formula is C16H20ClNO4. The second-order valence-corrected chi connectivity index (χ2v) is 6.58. The standard InChI is InChI=1S/C16H20ClNO4/c1-10-4-12(16(19)20)9-18(7-10)8-11-5-13(17)15-14(6-11)21-2-3-22-15/h5-6,10,12H,2-4,7-9H2,1H3,(H,19,20). The van der Waals surface area contributed by atoms with Gasteiger partial charge in [-0.3, -0.25) is 9.69 Å². The molecule has 0 spiro atoms. The van der Waals surface area contributed by atoms with Crippen LogP contribution in [0.25, 0.3) is 0 Å². The van der Waals surface area contributed by atoms with Crippen molar-refractivity contribution >= 4 is 17.6 Å². The molecule has 1 saturated heterocycles. The molecule has 3 rings (SSSR count). The largest absolute Gasteiger partial charge is 0.486 e. The highest BCUT2D eigenvalue weighted by molar-refractivity contribution is 6.32. The van der Waals surface area contributed by atoms with E-state index in [4.69, 9.17) is 21.1 Å². The van der Waals surface area contributed by atoms with Crippen LogP contribution in [0.4, 0.5) is 0 Å². The van der Waals surface area contributed by atoms with Gasteiger partial charge in [0.1, 0.15) is 13.2 Å². The summed E-state index contributed by atoms with van der Waals surface area (Å²) >= 11 is 6.26. The number of rotatable bonds is 3. The van der Waals surface area contributed by atoms with Crippen LogP contribution in [0, 0.1) is 11.8 Å². The summed E-state index contributed by atoms with van der Waals surface area (Å²) in [7, 11) is 0. The zero-order chi connectivity index (χ0) is 15.7. The fraction of sp³-hybridized carbons (Fsp3) is 0.562. The molecule has 2 atom stereocenters. The van der Waals surface area contributed by atoms with Crippen LogP contribution >= 0.6 is 11.6 Å². The Morgan fingerprint density at radius 1 is 1.36 bits per heavy atom. The average molecular weight is 326 g/mol. The number of fused-ring (bicyclic) bond motifs is 1. The second kappa shape index (κ2) is 6.34. The molecule has 2 aliphatic rings. The number of piperidine rings is 1. The Bertz CT molecular complexity index is 578. The molecule has 0 radical (unpaired) electrons. The first-order chi connectivity index (χ1) is 10.5. The van der Waals surface area contributed by atoms with Gasteiger partial charge >= 0.3 is 5.97 Å². The summed E-state index contributed by atoms with van der Waals surface area (Å²) in [6, 6.07) is 3.82. The smallest absolute Gasteiger partial charge is 0.307 e. The molecule has 5 nitrogen and oxygen atoms in total. The maximum absolute atomic E-state index is 11.3. The minimum atomic E-state index is -0.711.